The summed E-state index contributed by atoms with van der Waals surface area (Å²) < 4.78 is 0. The van der Waals surface area contributed by atoms with E-state index in [9.17, 15) is 0 Å². The average molecular weight is 549 g/mol. The fourth-order valence-corrected chi connectivity index (χ4v) is 3.13. The minimum atomic E-state index is -1.45. The van der Waals surface area contributed by atoms with Crippen molar-refractivity contribution in [1.29, 1.82) is 0 Å². The van der Waals surface area contributed by atoms with Gasteiger partial charge in [0.15, 0.2) is 0 Å². The van der Waals surface area contributed by atoms with Gasteiger partial charge in [-0.15, -0.1) is 0 Å². The molecule has 0 bridgehead atoms. The molecule has 1 atom stereocenters. The summed E-state index contributed by atoms with van der Waals surface area (Å²) >= 11 is 0. The highest BCUT2D eigenvalue weighted by Crippen LogP contribution is 2.45. The third-order valence-corrected chi connectivity index (χ3v) is 4.76. The zero-order valence-electron chi connectivity index (χ0n) is 27.6. The SMILES string of the molecule is CCC=CCC(OOC(C)(C)C)(OOC(C)(C)C)C(CC(C)(C)OOC(C)(C)C)C(C)(C)OOC(C)(C)C. The van der Waals surface area contributed by atoms with Crippen molar-refractivity contribution in [3.05, 3.63) is 12.2 Å². The van der Waals surface area contributed by atoms with E-state index in [1.165, 1.54) is 0 Å². The summed E-state index contributed by atoms with van der Waals surface area (Å²) in [5, 5.41) is 0. The average Bonchev–Trinajstić information content (AvgIpc) is 2.69. The molecule has 0 spiro atoms. The smallest absolute Gasteiger partial charge is 0.230 e. The maximum Gasteiger partial charge on any atom is 0.243 e. The molecule has 0 radical (unpaired) electrons. The maximum absolute atomic E-state index is 6.28. The third-order valence-electron chi connectivity index (χ3n) is 4.76. The Kier molecular flexibility index (Phi) is 13.6. The van der Waals surface area contributed by atoms with Crippen LogP contribution in [0.25, 0.3) is 0 Å². The lowest BCUT2D eigenvalue weighted by molar-refractivity contribution is -0.564. The van der Waals surface area contributed by atoms with Crippen LogP contribution in [0.2, 0.25) is 0 Å². The van der Waals surface area contributed by atoms with Crippen LogP contribution in [0.5, 0.6) is 0 Å². The van der Waals surface area contributed by atoms with Crippen molar-refractivity contribution in [2.45, 2.75) is 176 Å². The van der Waals surface area contributed by atoms with Gasteiger partial charge in [0.25, 0.3) is 0 Å². The summed E-state index contributed by atoms with van der Waals surface area (Å²) in [7, 11) is 0. The Morgan fingerprint density at radius 1 is 0.474 bits per heavy atom. The minimum Gasteiger partial charge on any atom is -0.230 e. The fraction of sp³-hybridized carbons (Fsp3) is 0.933. The molecule has 0 aromatic heterocycles. The van der Waals surface area contributed by atoms with Crippen LogP contribution < -0.4 is 0 Å². The molecular weight excluding hydrogens is 488 g/mol. The molecule has 0 aliphatic carbocycles. The minimum absolute atomic E-state index is 0.316. The first-order valence-electron chi connectivity index (χ1n) is 13.8. The van der Waals surface area contributed by atoms with E-state index in [4.69, 9.17) is 39.1 Å². The van der Waals surface area contributed by atoms with Gasteiger partial charge in [-0.2, -0.15) is 9.78 Å². The molecule has 228 valence electrons. The summed E-state index contributed by atoms with van der Waals surface area (Å²) in [6.07, 6.45) is 5.60. The molecule has 0 aromatic rings. The Labute approximate surface area is 233 Å². The highest BCUT2D eigenvalue weighted by atomic mass is 17.3. The van der Waals surface area contributed by atoms with Crippen molar-refractivity contribution < 1.29 is 39.1 Å². The van der Waals surface area contributed by atoms with E-state index in [-0.39, 0.29) is 0 Å². The van der Waals surface area contributed by atoms with E-state index in [2.05, 4.69) is 13.0 Å². The Bertz CT molecular complexity index is 682. The van der Waals surface area contributed by atoms with Gasteiger partial charge in [0.1, 0.15) is 5.60 Å². The van der Waals surface area contributed by atoms with Crippen molar-refractivity contribution in [2.24, 2.45) is 5.92 Å². The van der Waals surface area contributed by atoms with E-state index < -0.39 is 45.3 Å². The lowest BCUT2D eigenvalue weighted by Crippen LogP contribution is -2.57. The van der Waals surface area contributed by atoms with Gasteiger partial charge < -0.3 is 0 Å². The molecule has 0 aromatic carbocycles. The molecule has 0 N–H and O–H groups in total. The zero-order chi connectivity index (χ0) is 30.3. The fourth-order valence-electron chi connectivity index (χ4n) is 3.13. The van der Waals surface area contributed by atoms with Crippen LogP contribution in [0.15, 0.2) is 12.2 Å². The molecule has 0 aliphatic rings. The molecule has 0 fully saturated rings. The summed E-state index contributed by atoms with van der Waals surface area (Å²) in [5.41, 5.74) is -4.02. The molecule has 38 heavy (non-hydrogen) atoms. The molecule has 8 heteroatoms. The van der Waals surface area contributed by atoms with Crippen molar-refractivity contribution in [3.63, 3.8) is 0 Å². The van der Waals surface area contributed by atoms with Crippen LogP contribution in [0.4, 0.5) is 0 Å². The first kappa shape index (κ1) is 37.4. The Morgan fingerprint density at radius 3 is 1.21 bits per heavy atom. The normalized spacial score (nSPS) is 15.9. The molecule has 0 amide bonds. The van der Waals surface area contributed by atoms with Gasteiger partial charge in [0.2, 0.25) is 5.79 Å². The molecule has 0 saturated heterocycles. The molecule has 1 unspecified atom stereocenters. The Hall–Kier alpha value is -0.580. The van der Waals surface area contributed by atoms with E-state index >= 15 is 0 Å². The number of hydrogen-bond acceptors (Lipinski definition) is 8. The molecular formula is C30H60O8. The Balaban J connectivity index is 6.90. The van der Waals surface area contributed by atoms with Crippen LogP contribution in [-0.4, -0.2) is 39.4 Å². The van der Waals surface area contributed by atoms with Crippen LogP contribution in [0.1, 0.15) is 137 Å². The summed E-state index contributed by atoms with van der Waals surface area (Å²) in [6.45, 7) is 32.9. The van der Waals surface area contributed by atoms with Gasteiger partial charge in [-0.05, 0) is 124 Å². The summed E-state index contributed by atoms with van der Waals surface area (Å²) in [5.74, 6) is -1.98. The lowest BCUT2D eigenvalue weighted by Gasteiger charge is -2.47. The number of hydrogen-bond donors (Lipinski definition) is 0. The van der Waals surface area contributed by atoms with E-state index in [0.29, 0.717) is 12.8 Å². The molecule has 8 nitrogen and oxygen atoms in total. The monoisotopic (exact) mass is 548 g/mol. The maximum atomic E-state index is 6.28. The summed E-state index contributed by atoms with van der Waals surface area (Å²) in [6, 6.07) is 0. The van der Waals surface area contributed by atoms with Crippen molar-refractivity contribution in [2.75, 3.05) is 0 Å². The molecule has 0 aliphatic heterocycles. The lowest BCUT2D eigenvalue weighted by atomic mass is 9.75. The molecule has 0 saturated carbocycles. The van der Waals surface area contributed by atoms with Crippen molar-refractivity contribution in [3.8, 4) is 0 Å². The van der Waals surface area contributed by atoms with Crippen molar-refractivity contribution >= 4 is 0 Å². The van der Waals surface area contributed by atoms with Crippen molar-refractivity contribution in [1.82, 2.24) is 0 Å². The van der Waals surface area contributed by atoms with Gasteiger partial charge in [-0.25, -0.2) is 29.3 Å². The Morgan fingerprint density at radius 2 is 0.842 bits per heavy atom. The highest BCUT2D eigenvalue weighted by molar-refractivity contribution is 4.98. The van der Waals surface area contributed by atoms with Crippen LogP contribution >= 0.6 is 0 Å². The first-order valence-corrected chi connectivity index (χ1v) is 13.8. The molecule has 0 rings (SSSR count). The number of rotatable bonds is 15. The van der Waals surface area contributed by atoms with Gasteiger partial charge >= 0.3 is 0 Å². The second kappa shape index (κ2) is 13.9. The third kappa shape index (κ3) is 16.5. The topological polar surface area (TPSA) is 73.8 Å². The van der Waals surface area contributed by atoms with Crippen LogP contribution in [0.3, 0.4) is 0 Å². The van der Waals surface area contributed by atoms with E-state index in [1.54, 1.807) is 0 Å². The first-order chi connectivity index (χ1) is 16.7. The zero-order valence-corrected chi connectivity index (χ0v) is 27.6. The van der Waals surface area contributed by atoms with E-state index in [1.807, 2.05) is 117 Å². The van der Waals surface area contributed by atoms with E-state index in [0.717, 1.165) is 6.42 Å². The second-order valence-electron chi connectivity index (χ2n) is 15.1. The molecule has 0 heterocycles. The number of allylic oxidation sites excluding steroid dienone is 1. The van der Waals surface area contributed by atoms with Crippen LogP contribution in [0, 0.1) is 5.92 Å². The predicted octanol–water partition coefficient (Wildman–Crippen LogP) is 8.59. The largest absolute Gasteiger partial charge is 0.243 e. The standard InChI is InChI=1S/C30H60O8/c1-18-19-20-21-30(37-33-26(8,9)10,38-34-27(11,12)13)23(29(16,17)36-32-25(5,6)7)22-28(14,15)35-31-24(2,3)4/h19-20,23H,18,21-22H2,1-17H3. The van der Waals surface area contributed by atoms with Gasteiger partial charge in [-0.3, -0.25) is 0 Å². The second-order valence-corrected chi connectivity index (χ2v) is 15.1. The van der Waals surface area contributed by atoms with Crippen LogP contribution in [-0.2, 0) is 39.1 Å². The summed E-state index contributed by atoms with van der Waals surface area (Å²) in [4.78, 5) is 48.1. The quantitative estimate of drug-likeness (QED) is 0.0871. The van der Waals surface area contributed by atoms with Gasteiger partial charge in [0, 0.05) is 6.42 Å². The predicted molar refractivity (Wildman–Crippen MR) is 151 cm³/mol. The highest BCUT2D eigenvalue weighted by Gasteiger charge is 2.55. The van der Waals surface area contributed by atoms with Gasteiger partial charge in [0.05, 0.1) is 33.9 Å². The van der Waals surface area contributed by atoms with Gasteiger partial charge in [-0.1, -0.05) is 19.1 Å².